The van der Waals surface area contributed by atoms with Crippen molar-refractivity contribution in [1.29, 1.82) is 0 Å². The fourth-order valence-corrected chi connectivity index (χ4v) is 2.56. The summed E-state index contributed by atoms with van der Waals surface area (Å²) in [6, 6.07) is 2.84. The van der Waals surface area contributed by atoms with Gasteiger partial charge >= 0.3 is 7.32 Å². The van der Waals surface area contributed by atoms with E-state index in [-0.39, 0.29) is 11.4 Å². The van der Waals surface area contributed by atoms with Crippen molar-refractivity contribution in [3.05, 3.63) is 76.4 Å². The first-order valence-corrected chi connectivity index (χ1v) is 8.92. The summed E-state index contributed by atoms with van der Waals surface area (Å²) < 4.78 is 151. The van der Waals surface area contributed by atoms with E-state index in [0.717, 1.165) is 18.2 Å². The number of nitrogens with one attached hydrogen (secondary N) is 1. The van der Waals surface area contributed by atoms with Crippen LogP contribution in [0.5, 0.6) is 23.0 Å². The quantitative estimate of drug-likeness (QED) is 0.193. The number of anilines is 1. The van der Waals surface area contributed by atoms with Gasteiger partial charge in [-0.05, 0) is 12.1 Å². The largest absolute Gasteiger partial charge is 0.864 e. The molecule has 0 aromatic heterocycles. The molecule has 3 aromatic rings. The second kappa shape index (κ2) is 9.72. The molecule has 0 heterocycles. The van der Waals surface area contributed by atoms with Gasteiger partial charge < -0.3 is 24.4 Å². The molecule has 0 radical (unpaired) electrons. The Labute approximate surface area is 188 Å². The number of phenolic OH excluding ortho intramolecular Hbond substituents is 1. The Morgan fingerprint density at radius 1 is 0.600 bits per heavy atom. The van der Waals surface area contributed by atoms with E-state index < -0.39 is 82.7 Å². The SMILES string of the molecule is CNc1cc(O)ccc1OB(Oc1c(F)c(F)c(F)c(F)c1F)Oc1c(F)c(F)c(F)c(F)c1F. The van der Waals surface area contributed by atoms with Crippen molar-refractivity contribution in [1.82, 2.24) is 0 Å². The van der Waals surface area contributed by atoms with Crippen molar-refractivity contribution in [3.63, 3.8) is 0 Å². The molecule has 0 bridgehead atoms. The van der Waals surface area contributed by atoms with Gasteiger partial charge in [-0.15, -0.1) is 0 Å². The van der Waals surface area contributed by atoms with Crippen LogP contribution in [0.15, 0.2) is 18.2 Å². The lowest BCUT2D eigenvalue weighted by atomic mass is 10.1. The number of aromatic hydroxyl groups is 1. The number of halogens is 10. The maximum atomic E-state index is 14.1. The van der Waals surface area contributed by atoms with Gasteiger partial charge in [-0.25, -0.2) is 26.3 Å². The molecule has 5 nitrogen and oxygen atoms in total. The molecule has 0 saturated carbocycles. The van der Waals surface area contributed by atoms with Crippen LogP contribution in [0.2, 0.25) is 0 Å². The van der Waals surface area contributed by atoms with E-state index in [0.29, 0.717) is 0 Å². The van der Waals surface area contributed by atoms with Gasteiger partial charge in [0.15, 0.2) is 11.5 Å². The van der Waals surface area contributed by atoms with E-state index >= 15 is 0 Å². The van der Waals surface area contributed by atoms with Crippen LogP contribution in [0.3, 0.4) is 0 Å². The second-order valence-corrected chi connectivity index (χ2v) is 6.37. The maximum Gasteiger partial charge on any atom is 0.864 e. The lowest BCUT2D eigenvalue weighted by molar-refractivity contribution is 0.260. The highest BCUT2D eigenvalue weighted by Gasteiger charge is 2.40. The normalized spacial score (nSPS) is 10.8. The molecule has 3 rings (SSSR count). The average Bonchev–Trinajstić information content (AvgIpc) is 2.84. The third-order valence-electron chi connectivity index (χ3n) is 4.22. The third-order valence-corrected chi connectivity index (χ3v) is 4.22. The van der Waals surface area contributed by atoms with Crippen LogP contribution < -0.4 is 19.3 Å². The highest BCUT2D eigenvalue weighted by Crippen LogP contribution is 2.34. The van der Waals surface area contributed by atoms with Gasteiger partial charge in [0.25, 0.3) is 0 Å². The fraction of sp³-hybridized carbons (Fsp3) is 0.0526. The van der Waals surface area contributed by atoms with E-state index in [1.54, 1.807) is 0 Å². The topological polar surface area (TPSA) is 60.0 Å². The van der Waals surface area contributed by atoms with E-state index in [9.17, 15) is 49.0 Å². The van der Waals surface area contributed by atoms with Gasteiger partial charge in [-0.2, -0.15) is 17.6 Å². The lowest BCUT2D eigenvalue weighted by Gasteiger charge is -2.20. The highest BCUT2D eigenvalue weighted by molar-refractivity contribution is 6.39. The minimum Gasteiger partial charge on any atom is -0.508 e. The zero-order valence-electron chi connectivity index (χ0n) is 16.8. The predicted octanol–water partition coefficient (Wildman–Crippen LogP) is 5.35. The molecule has 2 N–H and O–H groups in total. The molecular formula is C19H8BF10NO4. The molecule has 0 unspecified atom stereocenters. The zero-order valence-corrected chi connectivity index (χ0v) is 16.8. The molecule has 0 amide bonds. The summed E-state index contributed by atoms with van der Waals surface area (Å²) in [5, 5.41) is 11.9. The van der Waals surface area contributed by atoms with Crippen molar-refractivity contribution in [2.75, 3.05) is 12.4 Å². The number of hydrogen-bond donors (Lipinski definition) is 2. The monoisotopic (exact) mass is 515 g/mol. The molecule has 16 heteroatoms. The van der Waals surface area contributed by atoms with E-state index in [4.69, 9.17) is 4.65 Å². The molecule has 0 aliphatic carbocycles. The summed E-state index contributed by atoms with van der Waals surface area (Å²) in [5.41, 5.74) is -0.156. The Morgan fingerprint density at radius 2 is 0.971 bits per heavy atom. The first-order valence-electron chi connectivity index (χ1n) is 8.92. The standard InChI is InChI=1S/C19H8BF10NO4/c1-31-6-4-5(32)2-3-7(6)33-20(34-18-14(27)10(23)8(21)11(24)15(18)28)35-19-16(29)12(25)9(22)13(26)17(19)30/h2-4,31-32H,1H3. The second-order valence-electron chi connectivity index (χ2n) is 6.37. The van der Waals surface area contributed by atoms with Crippen molar-refractivity contribution >= 4 is 13.0 Å². The van der Waals surface area contributed by atoms with Crippen LogP contribution in [0.25, 0.3) is 0 Å². The van der Waals surface area contributed by atoms with E-state index in [1.807, 2.05) is 0 Å². The van der Waals surface area contributed by atoms with Crippen molar-refractivity contribution in [2.24, 2.45) is 0 Å². The van der Waals surface area contributed by atoms with Crippen LogP contribution >= 0.6 is 0 Å². The van der Waals surface area contributed by atoms with Gasteiger partial charge in [0.2, 0.25) is 58.2 Å². The summed E-state index contributed by atoms with van der Waals surface area (Å²) >= 11 is 0. The molecule has 0 atom stereocenters. The molecule has 186 valence electrons. The molecule has 0 aliphatic heterocycles. The van der Waals surface area contributed by atoms with Crippen molar-refractivity contribution in [3.8, 4) is 23.0 Å². The average molecular weight is 515 g/mol. The van der Waals surface area contributed by atoms with Crippen molar-refractivity contribution < 1.29 is 63.0 Å². The minimum absolute atomic E-state index is 0.156. The number of benzene rings is 3. The first kappa shape index (κ1) is 25.6. The molecular weight excluding hydrogens is 507 g/mol. The summed E-state index contributed by atoms with van der Waals surface area (Å²) in [6.45, 7) is 0. The zero-order chi connectivity index (χ0) is 26.2. The van der Waals surface area contributed by atoms with Gasteiger partial charge in [-0.1, -0.05) is 0 Å². The molecule has 0 saturated heterocycles. The Bertz CT molecular complexity index is 1180. The number of hydrogen-bond acceptors (Lipinski definition) is 5. The fourth-order valence-electron chi connectivity index (χ4n) is 2.56. The highest BCUT2D eigenvalue weighted by atomic mass is 19.2. The lowest BCUT2D eigenvalue weighted by Crippen LogP contribution is -2.38. The molecule has 0 aliphatic rings. The summed E-state index contributed by atoms with van der Waals surface area (Å²) in [6.07, 6.45) is 0. The Kier molecular flexibility index (Phi) is 7.12. The maximum absolute atomic E-state index is 14.1. The Hall–Kier alpha value is -3.98. The van der Waals surface area contributed by atoms with Gasteiger partial charge in [0.1, 0.15) is 11.5 Å². The van der Waals surface area contributed by atoms with Crippen LogP contribution in [-0.2, 0) is 0 Å². The van der Waals surface area contributed by atoms with E-state index in [1.165, 1.54) is 7.05 Å². The smallest absolute Gasteiger partial charge is 0.508 e. The van der Waals surface area contributed by atoms with Crippen LogP contribution in [0.4, 0.5) is 49.6 Å². The summed E-state index contributed by atoms with van der Waals surface area (Å²) in [4.78, 5) is 0. The number of phenols is 1. The Balaban J connectivity index is 2.13. The minimum atomic E-state index is -2.92. The van der Waals surface area contributed by atoms with Gasteiger partial charge in [0.05, 0.1) is 5.69 Å². The first-order chi connectivity index (χ1) is 16.4. The van der Waals surface area contributed by atoms with E-state index in [2.05, 4.69) is 14.6 Å². The summed E-state index contributed by atoms with van der Waals surface area (Å²) in [7, 11) is -1.67. The van der Waals surface area contributed by atoms with Gasteiger partial charge in [0, 0.05) is 13.1 Å². The molecule has 0 fully saturated rings. The third kappa shape index (κ3) is 4.67. The number of rotatable bonds is 7. The van der Waals surface area contributed by atoms with Crippen molar-refractivity contribution in [2.45, 2.75) is 0 Å². The molecule has 0 spiro atoms. The van der Waals surface area contributed by atoms with Gasteiger partial charge in [-0.3, -0.25) is 0 Å². The molecule has 35 heavy (non-hydrogen) atoms. The van der Waals surface area contributed by atoms with Crippen LogP contribution in [0.1, 0.15) is 0 Å². The molecule has 3 aromatic carbocycles. The van der Waals surface area contributed by atoms with Crippen LogP contribution in [0, 0.1) is 58.2 Å². The Morgan fingerprint density at radius 3 is 1.34 bits per heavy atom. The van der Waals surface area contributed by atoms with Crippen LogP contribution in [-0.4, -0.2) is 19.5 Å². The predicted molar refractivity (Wildman–Crippen MR) is 97.8 cm³/mol. The summed E-state index contributed by atoms with van der Waals surface area (Å²) in [5.74, 6) is -30.4.